The van der Waals surface area contributed by atoms with Gasteiger partial charge in [-0.3, -0.25) is 15.6 Å². The number of carbonyl (C=O) groups excluding carboxylic acids is 1. The molecule has 110 valence electrons. The molecule has 0 aliphatic rings. The Morgan fingerprint density at radius 3 is 2.24 bits per heavy atom. The fourth-order valence-electron chi connectivity index (χ4n) is 1.92. The molecule has 0 unspecified atom stereocenters. The monoisotopic (exact) mass is 290 g/mol. The highest BCUT2D eigenvalue weighted by atomic mass is 19.1. The van der Waals surface area contributed by atoms with Crippen LogP contribution in [0.3, 0.4) is 0 Å². The second-order valence-electron chi connectivity index (χ2n) is 4.62. The lowest BCUT2D eigenvalue weighted by Gasteiger charge is -2.10. The number of hydrogen-bond acceptors (Lipinski definition) is 2. The summed E-state index contributed by atoms with van der Waals surface area (Å²) in [5.41, 5.74) is 5.72. The molecule has 2 N–H and O–H groups in total. The van der Waals surface area contributed by atoms with Crippen molar-refractivity contribution in [2.75, 3.05) is 5.43 Å². The van der Waals surface area contributed by atoms with Crippen LogP contribution in [0, 0.1) is 11.6 Å². The highest BCUT2D eigenvalue weighted by Gasteiger charge is 2.10. The van der Waals surface area contributed by atoms with E-state index in [4.69, 9.17) is 0 Å². The third-order valence-electron chi connectivity index (χ3n) is 3.02. The summed E-state index contributed by atoms with van der Waals surface area (Å²) in [7, 11) is 0. The van der Waals surface area contributed by atoms with E-state index in [0.717, 1.165) is 30.5 Å². The van der Waals surface area contributed by atoms with Crippen molar-refractivity contribution in [3.8, 4) is 0 Å². The van der Waals surface area contributed by atoms with E-state index in [-0.39, 0.29) is 5.69 Å². The number of benzene rings is 2. The van der Waals surface area contributed by atoms with Crippen molar-refractivity contribution in [2.24, 2.45) is 0 Å². The van der Waals surface area contributed by atoms with Gasteiger partial charge in [0, 0.05) is 5.56 Å². The molecule has 0 saturated carbocycles. The molecule has 3 nitrogen and oxygen atoms in total. The lowest BCUT2D eigenvalue weighted by Crippen LogP contribution is -2.30. The van der Waals surface area contributed by atoms with Gasteiger partial charge in [-0.15, -0.1) is 0 Å². The predicted octanol–water partition coefficient (Wildman–Crippen LogP) is 3.67. The fraction of sp³-hybridized carbons (Fsp3) is 0.188. The van der Waals surface area contributed by atoms with E-state index in [1.54, 1.807) is 12.1 Å². The molecule has 5 heteroatoms. The van der Waals surface area contributed by atoms with Crippen LogP contribution in [0.1, 0.15) is 29.3 Å². The summed E-state index contributed by atoms with van der Waals surface area (Å²) in [6.07, 6.45) is 1.97. The van der Waals surface area contributed by atoms with Crippen LogP contribution in [-0.4, -0.2) is 5.91 Å². The van der Waals surface area contributed by atoms with E-state index in [1.165, 1.54) is 6.07 Å². The summed E-state index contributed by atoms with van der Waals surface area (Å²) in [6.45, 7) is 2.08. The average molecular weight is 290 g/mol. The summed E-state index contributed by atoms with van der Waals surface area (Å²) in [6, 6.07) is 10.6. The second-order valence-corrected chi connectivity index (χ2v) is 4.62. The van der Waals surface area contributed by atoms with Crippen molar-refractivity contribution in [2.45, 2.75) is 19.8 Å². The number of aryl methyl sites for hydroxylation is 1. The van der Waals surface area contributed by atoms with Crippen molar-refractivity contribution in [3.05, 3.63) is 65.2 Å². The molecule has 2 aromatic rings. The minimum absolute atomic E-state index is 0.381. The van der Waals surface area contributed by atoms with Crippen LogP contribution in [0.4, 0.5) is 14.5 Å². The first-order valence-electron chi connectivity index (χ1n) is 6.71. The van der Waals surface area contributed by atoms with Gasteiger partial charge in [0.2, 0.25) is 0 Å². The van der Waals surface area contributed by atoms with Gasteiger partial charge in [-0.1, -0.05) is 31.5 Å². The first kappa shape index (κ1) is 15.0. The second kappa shape index (κ2) is 6.83. The summed E-state index contributed by atoms with van der Waals surface area (Å²) in [4.78, 5) is 11.9. The van der Waals surface area contributed by atoms with E-state index in [1.807, 2.05) is 12.1 Å². The van der Waals surface area contributed by atoms with Gasteiger partial charge < -0.3 is 0 Å². The third kappa shape index (κ3) is 3.78. The number of rotatable bonds is 5. The minimum Gasteiger partial charge on any atom is -0.293 e. The van der Waals surface area contributed by atoms with E-state index in [0.29, 0.717) is 5.56 Å². The zero-order valence-corrected chi connectivity index (χ0v) is 11.6. The van der Waals surface area contributed by atoms with E-state index in [2.05, 4.69) is 17.8 Å². The number of carbonyl (C=O) groups is 1. The standard InChI is InChI=1S/C16H16F2N2O/c1-2-4-11-7-9-12(10-8-11)16(21)20-19-15-13(17)5-3-6-14(15)18/h3,5-10,19H,2,4H2,1H3,(H,20,21). The SMILES string of the molecule is CCCc1ccc(C(=O)NNc2c(F)cccc2F)cc1. The van der Waals surface area contributed by atoms with Crippen LogP contribution < -0.4 is 10.9 Å². The van der Waals surface area contributed by atoms with Gasteiger partial charge in [0.15, 0.2) is 11.6 Å². The number of hydrogen-bond donors (Lipinski definition) is 2. The summed E-state index contributed by atoms with van der Waals surface area (Å²) >= 11 is 0. The molecule has 1 amide bonds. The topological polar surface area (TPSA) is 41.1 Å². The van der Waals surface area contributed by atoms with Crippen LogP contribution in [-0.2, 0) is 6.42 Å². The maximum Gasteiger partial charge on any atom is 0.269 e. The van der Waals surface area contributed by atoms with Gasteiger partial charge in [0.05, 0.1) is 0 Å². The van der Waals surface area contributed by atoms with Crippen LogP contribution in [0.2, 0.25) is 0 Å². The Balaban J connectivity index is 2.01. The molecule has 0 radical (unpaired) electrons. The summed E-state index contributed by atoms with van der Waals surface area (Å²) < 4.78 is 26.8. The van der Waals surface area contributed by atoms with Crippen molar-refractivity contribution in [1.82, 2.24) is 5.43 Å². The third-order valence-corrected chi connectivity index (χ3v) is 3.02. The molecule has 0 atom stereocenters. The maximum absolute atomic E-state index is 13.4. The van der Waals surface area contributed by atoms with Gasteiger partial charge in [-0.05, 0) is 36.2 Å². The number of amides is 1. The molecule has 2 aromatic carbocycles. The summed E-state index contributed by atoms with van der Waals surface area (Å²) in [5, 5.41) is 0. The van der Waals surface area contributed by atoms with Crippen LogP contribution in [0.15, 0.2) is 42.5 Å². The molecule has 0 fully saturated rings. The smallest absolute Gasteiger partial charge is 0.269 e. The molecular formula is C16H16F2N2O. The first-order chi connectivity index (χ1) is 10.1. The molecule has 0 aromatic heterocycles. The molecule has 21 heavy (non-hydrogen) atoms. The van der Waals surface area contributed by atoms with Crippen molar-refractivity contribution in [3.63, 3.8) is 0 Å². The van der Waals surface area contributed by atoms with E-state index < -0.39 is 17.5 Å². The maximum atomic E-state index is 13.4. The number of hydrazine groups is 1. The Morgan fingerprint density at radius 2 is 1.67 bits per heavy atom. The predicted molar refractivity (Wildman–Crippen MR) is 77.9 cm³/mol. The lowest BCUT2D eigenvalue weighted by atomic mass is 10.1. The number of nitrogens with one attached hydrogen (secondary N) is 2. The number of halogens is 2. The summed E-state index contributed by atoms with van der Waals surface area (Å²) in [5.74, 6) is -2.00. The Labute approximate surface area is 122 Å². The van der Waals surface area contributed by atoms with Crippen molar-refractivity contribution < 1.29 is 13.6 Å². The fourth-order valence-corrected chi connectivity index (χ4v) is 1.92. The molecule has 0 heterocycles. The Morgan fingerprint density at radius 1 is 1.05 bits per heavy atom. The van der Waals surface area contributed by atoms with E-state index in [9.17, 15) is 13.6 Å². The highest BCUT2D eigenvalue weighted by Crippen LogP contribution is 2.17. The van der Waals surface area contributed by atoms with Gasteiger partial charge in [-0.25, -0.2) is 8.78 Å². The number of anilines is 1. The van der Waals surface area contributed by atoms with E-state index >= 15 is 0 Å². The lowest BCUT2D eigenvalue weighted by molar-refractivity contribution is 0.0962. The quantitative estimate of drug-likeness (QED) is 0.825. The van der Waals surface area contributed by atoms with Gasteiger partial charge in [0.1, 0.15) is 5.69 Å². The normalized spacial score (nSPS) is 10.2. The Hall–Kier alpha value is -2.43. The molecule has 0 saturated heterocycles. The number of para-hydroxylation sites is 1. The first-order valence-corrected chi connectivity index (χ1v) is 6.71. The molecule has 0 bridgehead atoms. The Bertz CT molecular complexity index is 606. The highest BCUT2D eigenvalue weighted by molar-refractivity contribution is 5.94. The van der Waals surface area contributed by atoms with Gasteiger partial charge >= 0.3 is 0 Å². The minimum atomic E-state index is -0.770. The van der Waals surface area contributed by atoms with Crippen molar-refractivity contribution in [1.29, 1.82) is 0 Å². The van der Waals surface area contributed by atoms with Crippen LogP contribution in [0.5, 0.6) is 0 Å². The molecule has 0 spiro atoms. The molecule has 0 aliphatic carbocycles. The van der Waals surface area contributed by atoms with Gasteiger partial charge in [-0.2, -0.15) is 0 Å². The van der Waals surface area contributed by atoms with Crippen LogP contribution >= 0.6 is 0 Å². The zero-order valence-electron chi connectivity index (χ0n) is 11.6. The molecule has 2 rings (SSSR count). The van der Waals surface area contributed by atoms with Gasteiger partial charge in [0.25, 0.3) is 5.91 Å². The largest absolute Gasteiger partial charge is 0.293 e. The van der Waals surface area contributed by atoms with Crippen molar-refractivity contribution >= 4 is 11.6 Å². The Kier molecular flexibility index (Phi) is 4.87. The zero-order chi connectivity index (χ0) is 15.2. The molecular weight excluding hydrogens is 274 g/mol. The molecule has 0 aliphatic heterocycles. The van der Waals surface area contributed by atoms with Crippen LogP contribution in [0.25, 0.3) is 0 Å². The average Bonchev–Trinajstić information content (AvgIpc) is 2.47.